The van der Waals surface area contributed by atoms with Gasteiger partial charge in [0, 0.05) is 5.69 Å². The summed E-state index contributed by atoms with van der Waals surface area (Å²) in [6.07, 6.45) is 0.546. The molecule has 0 saturated heterocycles. The van der Waals surface area contributed by atoms with Crippen molar-refractivity contribution in [2.45, 2.75) is 20.3 Å². The summed E-state index contributed by atoms with van der Waals surface area (Å²) < 4.78 is 27.7. The molecule has 1 heterocycles. The molecule has 2 aromatic carbocycles. The lowest BCUT2D eigenvalue weighted by atomic mass is 10.2. The maximum Gasteiger partial charge on any atom is 0.265 e. The highest BCUT2D eigenvalue weighted by molar-refractivity contribution is 7.92. The maximum atomic E-state index is 12.8. The van der Waals surface area contributed by atoms with Gasteiger partial charge in [-0.3, -0.25) is 14.1 Å². The summed E-state index contributed by atoms with van der Waals surface area (Å²) in [5.41, 5.74) is 1.61. The number of anilines is 1. The van der Waals surface area contributed by atoms with Crippen molar-refractivity contribution >= 4 is 26.6 Å². The molecule has 130 valence electrons. The Morgan fingerprint density at radius 2 is 1.76 bits per heavy atom. The lowest BCUT2D eigenvalue weighted by molar-refractivity contribution is 0.600. The van der Waals surface area contributed by atoms with E-state index in [0.717, 1.165) is 0 Å². The molecule has 0 unspecified atom stereocenters. The molecular weight excluding hydrogens is 338 g/mol. The molecule has 25 heavy (non-hydrogen) atoms. The van der Waals surface area contributed by atoms with E-state index in [1.54, 1.807) is 49.4 Å². The standard InChI is InChI=1S/C18H19N3O3S/c1-3-12-25(23,24)20-14-8-10-15(11-9-14)21-13(2)19-17-7-5-4-6-16(17)18(21)22/h4-11,20H,3,12H2,1-2H3. The summed E-state index contributed by atoms with van der Waals surface area (Å²) in [6, 6.07) is 13.9. The van der Waals surface area contributed by atoms with Crippen LogP contribution in [0, 0.1) is 6.92 Å². The predicted octanol–water partition coefficient (Wildman–Crippen LogP) is 2.85. The number of aryl methyl sites for hydroxylation is 1. The lowest BCUT2D eigenvalue weighted by Gasteiger charge is -2.12. The van der Waals surface area contributed by atoms with Crippen molar-refractivity contribution in [1.82, 2.24) is 9.55 Å². The van der Waals surface area contributed by atoms with Crippen molar-refractivity contribution < 1.29 is 8.42 Å². The Labute approximate surface area is 146 Å². The smallest absolute Gasteiger partial charge is 0.265 e. The first-order valence-electron chi connectivity index (χ1n) is 8.00. The molecule has 0 aliphatic carbocycles. The number of nitrogens with one attached hydrogen (secondary N) is 1. The predicted molar refractivity (Wildman–Crippen MR) is 99.8 cm³/mol. The van der Waals surface area contributed by atoms with E-state index in [0.29, 0.717) is 34.5 Å². The van der Waals surface area contributed by atoms with Gasteiger partial charge < -0.3 is 0 Å². The van der Waals surface area contributed by atoms with Crippen molar-refractivity contribution in [3.63, 3.8) is 0 Å². The zero-order valence-corrected chi connectivity index (χ0v) is 14.9. The molecule has 0 fully saturated rings. The highest BCUT2D eigenvalue weighted by Crippen LogP contribution is 2.16. The Balaban J connectivity index is 2.01. The van der Waals surface area contributed by atoms with Crippen LogP contribution in [-0.4, -0.2) is 23.7 Å². The summed E-state index contributed by atoms with van der Waals surface area (Å²) in [6.45, 7) is 3.58. The molecule has 7 heteroatoms. The van der Waals surface area contributed by atoms with Crippen LogP contribution in [0.3, 0.4) is 0 Å². The van der Waals surface area contributed by atoms with Crippen LogP contribution in [0.15, 0.2) is 53.3 Å². The van der Waals surface area contributed by atoms with Gasteiger partial charge >= 0.3 is 0 Å². The number of sulfonamides is 1. The van der Waals surface area contributed by atoms with Crippen LogP contribution in [0.5, 0.6) is 0 Å². The van der Waals surface area contributed by atoms with E-state index >= 15 is 0 Å². The van der Waals surface area contributed by atoms with E-state index in [4.69, 9.17) is 0 Å². The van der Waals surface area contributed by atoms with Gasteiger partial charge in [0.25, 0.3) is 5.56 Å². The number of aromatic nitrogens is 2. The van der Waals surface area contributed by atoms with Crippen molar-refractivity contribution in [2.75, 3.05) is 10.5 Å². The average molecular weight is 357 g/mol. The monoisotopic (exact) mass is 357 g/mol. The molecule has 0 aliphatic rings. The Kier molecular flexibility index (Phi) is 4.59. The Morgan fingerprint density at radius 3 is 2.44 bits per heavy atom. The second kappa shape index (κ2) is 6.68. The van der Waals surface area contributed by atoms with Gasteiger partial charge in [-0.1, -0.05) is 19.1 Å². The number of hydrogen-bond donors (Lipinski definition) is 1. The normalized spacial score (nSPS) is 11.6. The van der Waals surface area contributed by atoms with Crippen molar-refractivity contribution in [1.29, 1.82) is 0 Å². The van der Waals surface area contributed by atoms with Gasteiger partial charge in [0.05, 0.1) is 22.3 Å². The summed E-state index contributed by atoms with van der Waals surface area (Å²) in [5.74, 6) is 0.644. The molecule has 0 amide bonds. The van der Waals surface area contributed by atoms with Gasteiger partial charge in [0.1, 0.15) is 5.82 Å². The van der Waals surface area contributed by atoms with Crippen molar-refractivity contribution in [3.05, 3.63) is 64.7 Å². The molecular formula is C18H19N3O3S. The highest BCUT2D eigenvalue weighted by atomic mass is 32.2. The summed E-state index contributed by atoms with van der Waals surface area (Å²) in [5, 5.41) is 0.542. The number of rotatable bonds is 5. The largest absolute Gasteiger partial charge is 0.284 e. The average Bonchev–Trinajstić information content (AvgIpc) is 2.56. The van der Waals surface area contributed by atoms with E-state index in [-0.39, 0.29) is 11.3 Å². The van der Waals surface area contributed by atoms with Crippen LogP contribution in [0.4, 0.5) is 5.69 Å². The third kappa shape index (κ3) is 3.56. The van der Waals surface area contributed by atoms with Crippen LogP contribution in [0.25, 0.3) is 16.6 Å². The van der Waals surface area contributed by atoms with Crippen molar-refractivity contribution in [2.24, 2.45) is 0 Å². The van der Waals surface area contributed by atoms with Gasteiger partial charge in [0.2, 0.25) is 10.0 Å². The maximum absolute atomic E-state index is 12.8. The minimum atomic E-state index is -3.34. The van der Waals surface area contributed by atoms with E-state index in [2.05, 4.69) is 9.71 Å². The molecule has 0 radical (unpaired) electrons. The number of nitrogens with zero attached hydrogens (tertiary/aromatic N) is 2. The van der Waals surface area contributed by atoms with Gasteiger partial charge in [-0.15, -0.1) is 0 Å². The number of para-hydroxylation sites is 1. The molecule has 0 bridgehead atoms. The number of fused-ring (bicyclic) bond motifs is 1. The minimum absolute atomic E-state index is 0.0713. The summed E-state index contributed by atoms with van der Waals surface area (Å²) >= 11 is 0. The number of benzene rings is 2. The zero-order chi connectivity index (χ0) is 18.0. The molecule has 0 spiro atoms. The topological polar surface area (TPSA) is 81.1 Å². The zero-order valence-electron chi connectivity index (χ0n) is 14.1. The minimum Gasteiger partial charge on any atom is -0.284 e. The number of hydrogen-bond acceptors (Lipinski definition) is 4. The van der Waals surface area contributed by atoms with E-state index in [9.17, 15) is 13.2 Å². The molecule has 6 nitrogen and oxygen atoms in total. The van der Waals surface area contributed by atoms with E-state index in [1.807, 2.05) is 13.0 Å². The molecule has 3 rings (SSSR count). The van der Waals surface area contributed by atoms with Gasteiger partial charge in [0.15, 0.2) is 0 Å². The quantitative estimate of drug-likeness (QED) is 0.761. The van der Waals surface area contributed by atoms with Gasteiger partial charge in [-0.25, -0.2) is 13.4 Å². The Morgan fingerprint density at radius 1 is 1.08 bits per heavy atom. The van der Waals surface area contributed by atoms with Crippen LogP contribution >= 0.6 is 0 Å². The third-order valence-corrected chi connectivity index (χ3v) is 5.31. The fourth-order valence-electron chi connectivity index (χ4n) is 2.73. The summed E-state index contributed by atoms with van der Waals surface area (Å²) in [7, 11) is -3.34. The molecule has 1 aromatic heterocycles. The van der Waals surface area contributed by atoms with E-state index < -0.39 is 10.0 Å². The lowest BCUT2D eigenvalue weighted by Crippen LogP contribution is -2.22. The Bertz CT molecular complexity index is 1070. The molecule has 0 aliphatic heterocycles. The summed E-state index contributed by atoms with van der Waals surface area (Å²) in [4.78, 5) is 17.2. The fraction of sp³-hybridized carbons (Fsp3) is 0.222. The first-order chi connectivity index (χ1) is 11.9. The second-order valence-electron chi connectivity index (χ2n) is 5.78. The fourth-order valence-corrected chi connectivity index (χ4v) is 3.86. The Hall–Kier alpha value is -2.67. The van der Waals surface area contributed by atoms with Gasteiger partial charge in [-0.05, 0) is 49.7 Å². The van der Waals surface area contributed by atoms with Crippen LogP contribution < -0.4 is 10.3 Å². The van der Waals surface area contributed by atoms with Gasteiger partial charge in [-0.2, -0.15) is 0 Å². The first-order valence-corrected chi connectivity index (χ1v) is 9.66. The van der Waals surface area contributed by atoms with Crippen LogP contribution in [0.1, 0.15) is 19.2 Å². The van der Waals surface area contributed by atoms with E-state index in [1.165, 1.54) is 4.57 Å². The van der Waals surface area contributed by atoms with Crippen molar-refractivity contribution in [3.8, 4) is 5.69 Å². The molecule has 1 N–H and O–H groups in total. The van der Waals surface area contributed by atoms with Crippen LogP contribution in [0.2, 0.25) is 0 Å². The highest BCUT2D eigenvalue weighted by Gasteiger charge is 2.11. The SMILES string of the molecule is CCCS(=O)(=O)Nc1ccc(-n2c(C)nc3ccccc3c2=O)cc1. The van der Waals surface area contributed by atoms with Crippen LogP contribution in [-0.2, 0) is 10.0 Å². The molecule has 0 saturated carbocycles. The first kappa shape index (κ1) is 17.2. The molecule has 3 aromatic rings. The second-order valence-corrected chi connectivity index (χ2v) is 7.63. The third-order valence-electron chi connectivity index (χ3n) is 3.82. The molecule has 0 atom stereocenters.